The van der Waals surface area contributed by atoms with Gasteiger partial charge in [0.2, 0.25) is 0 Å². The molecule has 0 radical (unpaired) electrons. The maximum atomic E-state index is 5.49. The van der Waals surface area contributed by atoms with Crippen molar-refractivity contribution in [1.82, 2.24) is 19.1 Å². The summed E-state index contributed by atoms with van der Waals surface area (Å²) in [4.78, 5) is 4.09. The van der Waals surface area contributed by atoms with E-state index in [2.05, 4.69) is 14.5 Å². The molecule has 68 valence electrons. The van der Waals surface area contributed by atoms with Crippen molar-refractivity contribution in [3.63, 3.8) is 0 Å². The summed E-state index contributed by atoms with van der Waals surface area (Å²) in [6.07, 6.45) is 1.75. The first-order valence-corrected chi connectivity index (χ1v) is 4.54. The van der Waals surface area contributed by atoms with Crippen molar-refractivity contribution < 1.29 is 0 Å². The van der Waals surface area contributed by atoms with Crippen molar-refractivity contribution in [2.45, 2.75) is 6.92 Å². The summed E-state index contributed by atoms with van der Waals surface area (Å²) in [6, 6.07) is 0. The number of nitrogens with two attached hydrogens (primary N) is 1. The molecule has 5 nitrogen and oxygen atoms in total. The molecule has 0 saturated heterocycles. The Kier molecular flexibility index (Phi) is 1.77. The van der Waals surface area contributed by atoms with Gasteiger partial charge < -0.3 is 5.73 Å². The van der Waals surface area contributed by atoms with Crippen LogP contribution in [0.25, 0.3) is 11.4 Å². The molecule has 2 N–H and O–H groups in total. The fraction of sp³-hybridized carbons (Fsp3) is 0.286. The van der Waals surface area contributed by atoms with Crippen LogP contribution in [0.15, 0.2) is 6.20 Å². The molecule has 0 atom stereocenters. The zero-order valence-corrected chi connectivity index (χ0v) is 8.17. The number of aryl methyl sites for hydroxylation is 1. The molecule has 0 unspecified atom stereocenters. The molecular formula is C7H9N5S. The third-order valence-electron chi connectivity index (χ3n) is 1.92. The summed E-state index contributed by atoms with van der Waals surface area (Å²) >= 11 is 1.20. The number of rotatable bonds is 1. The zero-order valence-electron chi connectivity index (χ0n) is 7.35. The lowest BCUT2D eigenvalue weighted by Gasteiger charge is -1.94. The van der Waals surface area contributed by atoms with Gasteiger partial charge in [0.05, 0.1) is 11.8 Å². The number of aromatic nitrogens is 4. The van der Waals surface area contributed by atoms with Gasteiger partial charge in [-0.2, -0.15) is 14.5 Å². The van der Waals surface area contributed by atoms with Gasteiger partial charge in [0.25, 0.3) is 0 Å². The Balaban J connectivity index is 2.52. The van der Waals surface area contributed by atoms with E-state index in [0.717, 1.165) is 11.3 Å². The molecule has 0 bridgehead atoms. The number of nitrogen functional groups attached to an aromatic ring is 1. The van der Waals surface area contributed by atoms with Crippen molar-refractivity contribution in [1.29, 1.82) is 0 Å². The molecule has 0 spiro atoms. The number of hydrogen-bond acceptors (Lipinski definition) is 5. The average molecular weight is 195 g/mol. The summed E-state index contributed by atoms with van der Waals surface area (Å²) in [5.41, 5.74) is 7.47. The van der Waals surface area contributed by atoms with Crippen LogP contribution in [-0.4, -0.2) is 19.1 Å². The highest BCUT2D eigenvalue weighted by Gasteiger charge is 2.10. The second kappa shape index (κ2) is 2.81. The Morgan fingerprint density at radius 2 is 2.31 bits per heavy atom. The number of nitrogens with zero attached hydrogens (tertiary/aromatic N) is 4. The minimum Gasteiger partial charge on any atom is -0.374 e. The van der Waals surface area contributed by atoms with Crippen molar-refractivity contribution >= 4 is 16.7 Å². The van der Waals surface area contributed by atoms with E-state index in [1.165, 1.54) is 11.5 Å². The van der Waals surface area contributed by atoms with Crippen LogP contribution in [0.5, 0.6) is 0 Å². The van der Waals surface area contributed by atoms with Gasteiger partial charge in [-0.1, -0.05) is 0 Å². The summed E-state index contributed by atoms with van der Waals surface area (Å²) in [6.45, 7) is 1.97. The van der Waals surface area contributed by atoms with Crippen molar-refractivity contribution in [2.75, 3.05) is 5.73 Å². The van der Waals surface area contributed by atoms with Gasteiger partial charge in [-0.15, -0.1) is 0 Å². The molecule has 0 aromatic carbocycles. The van der Waals surface area contributed by atoms with Gasteiger partial charge in [0.15, 0.2) is 11.0 Å². The predicted octanol–water partition coefficient (Wildman–Crippen LogP) is 0.829. The second-order valence-electron chi connectivity index (χ2n) is 2.72. The molecule has 2 rings (SSSR count). The highest BCUT2D eigenvalue weighted by molar-refractivity contribution is 7.09. The average Bonchev–Trinajstić information content (AvgIpc) is 2.62. The van der Waals surface area contributed by atoms with Crippen LogP contribution in [0.2, 0.25) is 0 Å². The Bertz CT molecular complexity index is 430. The predicted molar refractivity (Wildman–Crippen MR) is 51.3 cm³/mol. The first-order chi connectivity index (χ1) is 6.18. The van der Waals surface area contributed by atoms with Gasteiger partial charge >= 0.3 is 0 Å². The third kappa shape index (κ3) is 1.29. The Morgan fingerprint density at radius 1 is 1.54 bits per heavy atom. The molecule has 0 amide bonds. The monoisotopic (exact) mass is 195 g/mol. The largest absolute Gasteiger partial charge is 0.374 e. The minimum absolute atomic E-state index is 0.484. The van der Waals surface area contributed by atoms with Crippen LogP contribution in [-0.2, 0) is 7.05 Å². The van der Waals surface area contributed by atoms with Gasteiger partial charge in [0, 0.05) is 24.3 Å². The molecule has 0 fully saturated rings. The van der Waals surface area contributed by atoms with Crippen LogP contribution in [0.4, 0.5) is 5.13 Å². The van der Waals surface area contributed by atoms with Crippen LogP contribution >= 0.6 is 11.5 Å². The van der Waals surface area contributed by atoms with E-state index in [4.69, 9.17) is 5.73 Å². The zero-order chi connectivity index (χ0) is 9.42. The van der Waals surface area contributed by atoms with E-state index in [1.54, 1.807) is 10.9 Å². The van der Waals surface area contributed by atoms with Crippen LogP contribution in [0.3, 0.4) is 0 Å². The lowest BCUT2D eigenvalue weighted by Crippen LogP contribution is -1.93. The van der Waals surface area contributed by atoms with Crippen LogP contribution in [0.1, 0.15) is 5.69 Å². The van der Waals surface area contributed by atoms with Gasteiger partial charge in [-0.05, 0) is 6.92 Å². The number of anilines is 1. The summed E-state index contributed by atoms with van der Waals surface area (Å²) in [7, 11) is 1.88. The van der Waals surface area contributed by atoms with E-state index in [-0.39, 0.29) is 0 Å². The molecule has 6 heteroatoms. The van der Waals surface area contributed by atoms with E-state index < -0.39 is 0 Å². The minimum atomic E-state index is 0.484. The first kappa shape index (κ1) is 8.18. The topological polar surface area (TPSA) is 69.6 Å². The highest BCUT2D eigenvalue weighted by Crippen LogP contribution is 2.21. The Hall–Kier alpha value is -1.43. The third-order valence-corrected chi connectivity index (χ3v) is 2.46. The molecule has 0 aliphatic carbocycles. The van der Waals surface area contributed by atoms with E-state index >= 15 is 0 Å². The lowest BCUT2D eigenvalue weighted by atomic mass is 10.2. The fourth-order valence-electron chi connectivity index (χ4n) is 1.06. The van der Waals surface area contributed by atoms with Crippen molar-refractivity contribution in [2.24, 2.45) is 7.05 Å². The van der Waals surface area contributed by atoms with E-state index in [0.29, 0.717) is 11.0 Å². The molecule has 0 aliphatic rings. The van der Waals surface area contributed by atoms with Crippen molar-refractivity contribution in [3.05, 3.63) is 11.9 Å². The normalized spacial score (nSPS) is 10.6. The smallest absolute Gasteiger partial charge is 0.200 e. The molecule has 2 aromatic rings. The maximum absolute atomic E-state index is 5.49. The van der Waals surface area contributed by atoms with Gasteiger partial charge in [0.1, 0.15) is 0 Å². The SMILES string of the molecule is Cc1c(-c2nsc(N)n2)cnn1C. The van der Waals surface area contributed by atoms with Gasteiger partial charge in [-0.3, -0.25) is 4.68 Å². The number of hydrogen-bond donors (Lipinski definition) is 1. The van der Waals surface area contributed by atoms with E-state index in [9.17, 15) is 0 Å². The Labute approximate surface area is 79.4 Å². The highest BCUT2D eigenvalue weighted by atomic mass is 32.1. The summed E-state index contributed by atoms with van der Waals surface area (Å²) < 4.78 is 5.90. The Morgan fingerprint density at radius 3 is 2.77 bits per heavy atom. The molecule has 13 heavy (non-hydrogen) atoms. The van der Waals surface area contributed by atoms with E-state index in [1.807, 2.05) is 14.0 Å². The van der Waals surface area contributed by atoms with Gasteiger partial charge in [-0.25, -0.2) is 0 Å². The van der Waals surface area contributed by atoms with Crippen LogP contribution < -0.4 is 5.73 Å². The molecule has 0 saturated carbocycles. The summed E-state index contributed by atoms with van der Waals surface area (Å²) in [5.74, 6) is 0.660. The quantitative estimate of drug-likeness (QED) is 0.731. The fourth-order valence-corrected chi connectivity index (χ4v) is 1.51. The molecule has 0 aliphatic heterocycles. The van der Waals surface area contributed by atoms with Crippen molar-refractivity contribution in [3.8, 4) is 11.4 Å². The molecule has 2 aromatic heterocycles. The first-order valence-electron chi connectivity index (χ1n) is 3.76. The maximum Gasteiger partial charge on any atom is 0.200 e. The second-order valence-corrected chi connectivity index (χ2v) is 3.51. The lowest BCUT2D eigenvalue weighted by molar-refractivity contribution is 0.740. The standard InChI is InChI=1S/C7H9N5S/c1-4-5(3-9-12(4)2)6-10-7(8)13-11-6/h3H,1-2H3,(H2,8,10,11). The molecule has 2 heterocycles. The summed E-state index contributed by atoms with van der Waals surface area (Å²) in [5, 5.41) is 4.59. The van der Waals surface area contributed by atoms with Crippen LogP contribution in [0, 0.1) is 6.92 Å². The molecular weight excluding hydrogens is 186 g/mol.